The number of amidine groups is 1. The lowest BCUT2D eigenvalue weighted by molar-refractivity contribution is -0.121. The molecule has 2 aliphatic heterocycles. The van der Waals surface area contributed by atoms with Gasteiger partial charge in [-0.3, -0.25) is 14.4 Å². The van der Waals surface area contributed by atoms with Gasteiger partial charge >= 0.3 is 0 Å². The van der Waals surface area contributed by atoms with E-state index in [9.17, 15) is 14.4 Å². The smallest absolute Gasteiger partial charge is 0.262 e. The molecule has 7 rings (SSSR count). The molecule has 0 aromatic heterocycles. The minimum Gasteiger partial charge on any atom is -0.351 e. The lowest BCUT2D eigenvalue weighted by atomic mass is 9.49. The third kappa shape index (κ3) is 4.86. The number of benzene rings is 1. The maximum Gasteiger partial charge on any atom is 0.262 e. The van der Waals surface area contributed by atoms with Crippen LogP contribution in [0, 0.1) is 23.2 Å². The van der Waals surface area contributed by atoms with Gasteiger partial charge in [-0.05, 0) is 98.8 Å². The molecule has 0 spiro atoms. The van der Waals surface area contributed by atoms with Crippen LogP contribution in [0.3, 0.4) is 0 Å². The zero-order valence-electron chi connectivity index (χ0n) is 20.1. The number of rotatable bonds is 6. The topological polar surface area (TPSA) is 90.9 Å². The highest BCUT2D eigenvalue weighted by Gasteiger charge is 2.50. The third-order valence-electron chi connectivity index (χ3n) is 8.70. The van der Waals surface area contributed by atoms with Crippen molar-refractivity contribution in [2.24, 2.45) is 28.2 Å². The second-order valence-corrected chi connectivity index (χ2v) is 12.6. The zero-order chi connectivity index (χ0) is 24.0. The fourth-order valence-corrected chi connectivity index (χ4v) is 8.63. The Morgan fingerprint density at radius 3 is 2.26 bits per heavy atom. The van der Waals surface area contributed by atoms with E-state index in [2.05, 4.69) is 20.5 Å². The highest BCUT2D eigenvalue weighted by atomic mass is 32.2. The average Bonchev–Trinajstić information content (AvgIpc) is 3.47. The van der Waals surface area contributed by atoms with Crippen molar-refractivity contribution in [3.05, 3.63) is 29.8 Å². The van der Waals surface area contributed by atoms with Gasteiger partial charge in [-0.2, -0.15) is 4.99 Å². The summed E-state index contributed by atoms with van der Waals surface area (Å²) in [6, 6.07) is 7.03. The second kappa shape index (κ2) is 9.26. The first-order valence-corrected chi connectivity index (χ1v) is 14.0. The molecular weight excluding hydrogens is 460 g/mol. The minimum atomic E-state index is -0.458. The molecular formula is C27H34N4O3S. The molecule has 1 atom stereocenters. The van der Waals surface area contributed by atoms with Gasteiger partial charge in [-0.15, -0.1) is 0 Å². The number of nitrogens with zero attached hydrogens (tertiary/aromatic N) is 2. The lowest BCUT2D eigenvalue weighted by Gasteiger charge is -2.56. The van der Waals surface area contributed by atoms with Gasteiger partial charge in [-0.1, -0.05) is 11.8 Å². The van der Waals surface area contributed by atoms with E-state index < -0.39 is 5.25 Å². The Kier molecular flexibility index (Phi) is 6.11. The molecule has 0 radical (unpaired) electrons. The zero-order valence-corrected chi connectivity index (χ0v) is 20.9. The van der Waals surface area contributed by atoms with Crippen molar-refractivity contribution < 1.29 is 14.4 Å². The molecule has 8 heteroatoms. The summed E-state index contributed by atoms with van der Waals surface area (Å²) in [5.41, 5.74) is 1.55. The number of anilines is 1. The first kappa shape index (κ1) is 23.1. The quantitative estimate of drug-likeness (QED) is 0.623. The van der Waals surface area contributed by atoms with Crippen molar-refractivity contribution in [1.29, 1.82) is 0 Å². The molecule has 4 aliphatic carbocycles. The fraction of sp³-hybridized carbons (Fsp3) is 0.630. The molecule has 4 saturated carbocycles. The highest BCUT2D eigenvalue weighted by Crippen LogP contribution is 2.59. The van der Waals surface area contributed by atoms with Crippen molar-refractivity contribution in [3.8, 4) is 0 Å². The molecule has 35 heavy (non-hydrogen) atoms. The largest absolute Gasteiger partial charge is 0.351 e. The van der Waals surface area contributed by atoms with E-state index in [0.29, 0.717) is 16.7 Å². The summed E-state index contributed by atoms with van der Waals surface area (Å²) in [6.07, 6.45) is 10.4. The Bertz CT molecular complexity index is 1010. The molecule has 2 heterocycles. The Hall–Kier alpha value is -2.35. The van der Waals surface area contributed by atoms with Gasteiger partial charge in [0.05, 0.1) is 0 Å². The molecule has 6 aliphatic rings. The summed E-state index contributed by atoms with van der Waals surface area (Å²) in [6.45, 7) is 2.64. The first-order valence-electron chi connectivity index (χ1n) is 13.2. The van der Waals surface area contributed by atoms with Crippen LogP contribution in [0.2, 0.25) is 0 Å². The van der Waals surface area contributed by atoms with Gasteiger partial charge in [-0.25, -0.2) is 0 Å². The number of aliphatic imine (C=N–C) groups is 1. The summed E-state index contributed by atoms with van der Waals surface area (Å²) >= 11 is 1.40. The molecule has 4 bridgehead atoms. The van der Waals surface area contributed by atoms with Crippen LogP contribution in [-0.2, 0) is 9.59 Å². The van der Waals surface area contributed by atoms with E-state index in [1.165, 1.54) is 50.3 Å². The summed E-state index contributed by atoms with van der Waals surface area (Å²) < 4.78 is 0. The van der Waals surface area contributed by atoms with Gasteiger partial charge in [0, 0.05) is 37.3 Å². The monoisotopic (exact) mass is 494 g/mol. The van der Waals surface area contributed by atoms with Gasteiger partial charge < -0.3 is 15.5 Å². The number of nitrogens with one attached hydrogen (secondary N) is 2. The molecule has 1 aromatic rings. The number of carbonyl (C=O) groups excluding carboxylic acids is 3. The normalized spacial score (nSPS) is 33.2. The maximum absolute atomic E-state index is 12.8. The van der Waals surface area contributed by atoms with Gasteiger partial charge in [0.25, 0.3) is 11.8 Å². The van der Waals surface area contributed by atoms with E-state index in [0.717, 1.165) is 55.4 Å². The molecule has 7 nitrogen and oxygen atoms in total. The molecule has 1 aromatic carbocycles. The number of amides is 3. The van der Waals surface area contributed by atoms with E-state index in [1.807, 2.05) is 0 Å². The van der Waals surface area contributed by atoms with Gasteiger partial charge in [0.1, 0.15) is 5.25 Å². The molecule has 1 saturated heterocycles. The lowest BCUT2D eigenvalue weighted by Crippen LogP contribution is -2.51. The Balaban J connectivity index is 0.986. The van der Waals surface area contributed by atoms with E-state index in [4.69, 9.17) is 0 Å². The Morgan fingerprint density at radius 2 is 1.63 bits per heavy atom. The first-order chi connectivity index (χ1) is 16.9. The predicted molar refractivity (Wildman–Crippen MR) is 137 cm³/mol. The van der Waals surface area contributed by atoms with Crippen LogP contribution in [0.25, 0.3) is 0 Å². The summed E-state index contributed by atoms with van der Waals surface area (Å²) in [4.78, 5) is 43.9. The Labute approximate surface area is 210 Å². The number of likely N-dealkylation sites (tertiary alicyclic amines) is 1. The van der Waals surface area contributed by atoms with Gasteiger partial charge in [0.2, 0.25) is 5.91 Å². The average molecular weight is 495 g/mol. The van der Waals surface area contributed by atoms with Crippen LogP contribution in [0.5, 0.6) is 0 Å². The second-order valence-electron chi connectivity index (χ2n) is 11.5. The molecule has 2 N–H and O–H groups in total. The van der Waals surface area contributed by atoms with Crippen molar-refractivity contribution in [2.45, 2.75) is 63.0 Å². The Morgan fingerprint density at radius 1 is 1.00 bits per heavy atom. The predicted octanol–water partition coefficient (Wildman–Crippen LogP) is 4.06. The van der Waals surface area contributed by atoms with Crippen LogP contribution in [0.4, 0.5) is 5.69 Å². The SMILES string of the molecule is O=C(C[C@@H]1SC(N2CCCC2)=NC1=O)Nc1ccc(C(=O)NCC23CC4CC(CC(C4)C2)C3)cc1. The third-order valence-corrected chi connectivity index (χ3v) is 9.91. The number of hydrogen-bond acceptors (Lipinski definition) is 5. The van der Waals surface area contributed by atoms with E-state index in [1.54, 1.807) is 24.3 Å². The van der Waals surface area contributed by atoms with Gasteiger partial charge in [0.15, 0.2) is 5.17 Å². The van der Waals surface area contributed by atoms with E-state index >= 15 is 0 Å². The number of thioether (sulfide) groups is 1. The summed E-state index contributed by atoms with van der Waals surface area (Å²) in [5, 5.41) is 6.37. The standard InChI is InChI=1S/C27H34N4O3S/c32-23(12-22-25(34)30-26(35-22)31-7-1-2-8-31)29-21-5-3-20(4-6-21)24(33)28-16-27-13-17-9-18(14-27)11-19(10-17)15-27/h3-6,17-19,22H,1-2,7-16H2,(H,28,33)(H,29,32)/t17?,18?,19?,22-,27?/m0/s1. The van der Waals surface area contributed by atoms with E-state index in [-0.39, 0.29) is 24.1 Å². The van der Waals surface area contributed by atoms with Crippen molar-refractivity contribution in [3.63, 3.8) is 0 Å². The molecule has 5 fully saturated rings. The molecule has 3 amide bonds. The fourth-order valence-electron chi connectivity index (χ4n) is 7.51. The summed E-state index contributed by atoms with van der Waals surface area (Å²) in [7, 11) is 0. The number of carbonyl (C=O) groups is 3. The van der Waals surface area contributed by atoms with Crippen LogP contribution < -0.4 is 10.6 Å². The highest BCUT2D eigenvalue weighted by molar-refractivity contribution is 8.15. The minimum absolute atomic E-state index is 0.0434. The van der Waals surface area contributed by atoms with Crippen LogP contribution in [0.15, 0.2) is 29.3 Å². The van der Waals surface area contributed by atoms with Crippen LogP contribution in [-0.4, -0.2) is 52.7 Å². The number of hydrogen-bond donors (Lipinski definition) is 2. The summed E-state index contributed by atoms with van der Waals surface area (Å²) in [5.74, 6) is 2.14. The molecule has 186 valence electrons. The maximum atomic E-state index is 12.8. The molecule has 0 unspecified atom stereocenters. The van der Waals surface area contributed by atoms with Crippen molar-refractivity contribution in [1.82, 2.24) is 10.2 Å². The van der Waals surface area contributed by atoms with Crippen LogP contribution >= 0.6 is 11.8 Å². The van der Waals surface area contributed by atoms with Crippen molar-refractivity contribution >= 4 is 40.3 Å². The van der Waals surface area contributed by atoms with Crippen LogP contribution in [0.1, 0.15) is 68.1 Å². The van der Waals surface area contributed by atoms with Crippen molar-refractivity contribution in [2.75, 3.05) is 25.0 Å².